The van der Waals surface area contributed by atoms with Crippen molar-refractivity contribution in [2.24, 2.45) is 16.8 Å². The van der Waals surface area contributed by atoms with E-state index in [-0.39, 0.29) is 5.41 Å². The van der Waals surface area contributed by atoms with E-state index in [1.807, 2.05) is 12.1 Å². The maximum atomic E-state index is 5.55. The van der Waals surface area contributed by atoms with Gasteiger partial charge in [0.1, 0.15) is 11.5 Å². The zero-order valence-electron chi connectivity index (χ0n) is 15.9. The Balaban J connectivity index is 1.68. The molecule has 2 bridgehead atoms. The normalized spacial score (nSPS) is 28.5. The summed E-state index contributed by atoms with van der Waals surface area (Å²) in [5, 5.41) is 0. The summed E-state index contributed by atoms with van der Waals surface area (Å²) in [6, 6.07) is 16.9. The van der Waals surface area contributed by atoms with Crippen molar-refractivity contribution >= 4 is 5.71 Å². The van der Waals surface area contributed by atoms with Gasteiger partial charge in [-0.25, -0.2) is 0 Å². The molecule has 3 heteroatoms. The summed E-state index contributed by atoms with van der Waals surface area (Å²) in [4.78, 5) is 5.17. The molecule has 2 aromatic rings. The van der Waals surface area contributed by atoms with Crippen LogP contribution in [0.3, 0.4) is 0 Å². The van der Waals surface area contributed by atoms with E-state index in [1.165, 1.54) is 30.5 Å². The van der Waals surface area contributed by atoms with Gasteiger partial charge in [-0.3, -0.25) is 4.99 Å². The van der Waals surface area contributed by atoms with Crippen LogP contribution in [0, 0.1) is 11.8 Å². The van der Waals surface area contributed by atoms with Crippen LogP contribution in [0.5, 0.6) is 11.5 Å². The lowest BCUT2D eigenvalue weighted by atomic mass is 9.68. The van der Waals surface area contributed by atoms with E-state index in [4.69, 9.17) is 14.5 Å². The predicted octanol–water partition coefficient (Wildman–Crippen LogP) is 5.03. The van der Waals surface area contributed by atoms with Gasteiger partial charge >= 0.3 is 0 Å². The van der Waals surface area contributed by atoms with Crippen LogP contribution in [0.2, 0.25) is 0 Å². The summed E-state index contributed by atoms with van der Waals surface area (Å²) < 4.78 is 10.9. The van der Waals surface area contributed by atoms with Crippen LogP contribution in [0.4, 0.5) is 0 Å². The fourth-order valence-corrected chi connectivity index (χ4v) is 5.00. The summed E-state index contributed by atoms with van der Waals surface area (Å²) in [6.07, 6.45) is 3.89. The number of benzene rings is 2. The summed E-state index contributed by atoms with van der Waals surface area (Å²) in [5.41, 5.74) is 3.98. The van der Waals surface area contributed by atoms with Crippen molar-refractivity contribution in [2.75, 3.05) is 14.2 Å². The number of nitrogens with zero attached hydrogens (tertiary/aromatic N) is 1. The lowest BCUT2D eigenvalue weighted by Crippen LogP contribution is -2.38. The second-order valence-electron chi connectivity index (χ2n) is 7.65. The Hall–Kier alpha value is -2.29. The average molecular weight is 349 g/mol. The quantitative estimate of drug-likeness (QED) is 0.758. The molecule has 2 aromatic carbocycles. The first-order valence-corrected chi connectivity index (χ1v) is 9.48. The maximum Gasteiger partial charge on any atom is 0.127 e. The molecule has 0 aromatic heterocycles. The molecule has 2 aliphatic rings. The molecule has 3 atom stereocenters. The van der Waals surface area contributed by atoms with Crippen LogP contribution >= 0.6 is 0 Å². The first kappa shape index (κ1) is 17.1. The highest BCUT2D eigenvalue weighted by Crippen LogP contribution is 2.55. The van der Waals surface area contributed by atoms with E-state index >= 15 is 0 Å². The minimum Gasteiger partial charge on any atom is -0.497 e. The zero-order valence-corrected chi connectivity index (χ0v) is 15.9. The van der Waals surface area contributed by atoms with Gasteiger partial charge in [0.2, 0.25) is 0 Å². The highest BCUT2D eigenvalue weighted by molar-refractivity contribution is 5.99. The van der Waals surface area contributed by atoms with E-state index in [2.05, 4.69) is 43.3 Å². The maximum absolute atomic E-state index is 5.55. The zero-order chi connectivity index (χ0) is 18.1. The van der Waals surface area contributed by atoms with Gasteiger partial charge in [0.15, 0.2) is 0 Å². The van der Waals surface area contributed by atoms with Gasteiger partial charge < -0.3 is 9.47 Å². The summed E-state index contributed by atoms with van der Waals surface area (Å²) in [5.74, 6) is 3.01. The largest absolute Gasteiger partial charge is 0.497 e. The third-order valence-corrected chi connectivity index (χ3v) is 6.46. The number of methoxy groups -OCH3 is 2. The Morgan fingerprint density at radius 3 is 2.58 bits per heavy atom. The van der Waals surface area contributed by atoms with Crippen LogP contribution < -0.4 is 9.47 Å². The van der Waals surface area contributed by atoms with Crippen molar-refractivity contribution in [1.82, 2.24) is 0 Å². The molecule has 26 heavy (non-hydrogen) atoms. The van der Waals surface area contributed by atoms with Crippen LogP contribution in [0.25, 0.3) is 0 Å². The lowest BCUT2D eigenvalue weighted by molar-refractivity contribution is 0.390. The first-order chi connectivity index (χ1) is 12.7. The minimum absolute atomic E-state index is 0.0733. The monoisotopic (exact) mass is 349 g/mol. The summed E-state index contributed by atoms with van der Waals surface area (Å²) >= 11 is 0. The molecule has 0 heterocycles. The Morgan fingerprint density at radius 2 is 1.85 bits per heavy atom. The van der Waals surface area contributed by atoms with E-state index < -0.39 is 0 Å². The molecular weight excluding hydrogens is 322 g/mol. The van der Waals surface area contributed by atoms with Gasteiger partial charge in [0.05, 0.1) is 20.8 Å². The van der Waals surface area contributed by atoms with Crippen molar-refractivity contribution < 1.29 is 9.47 Å². The molecule has 0 amide bonds. The summed E-state index contributed by atoms with van der Waals surface area (Å²) in [6.45, 7) is 3.06. The lowest BCUT2D eigenvalue weighted by Gasteiger charge is -2.36. The molecule has 136 valence electrons. The minimum atomic E-state index is 0.0733. The Kier molecular flexibility index (Phi) is 4.47. The molecule has 2 aliphatic carbocycles. The molecule has 0 aliphatic heterocycles. The smallest absolute Gasteiger partial charge is 0.127 e. The van der Waals surface area contributed by atoms with E-state index in [1.54, 1.807) is 14.2 Å². The molecular formula is C23H27NO2. The van der Waals surface area contributed by atoms with Crippen LogP contribution in [0.1, 0.15) is 37.3 Å². The highest BCUT2D eigenvalue weighted by atomic mass is 16.5. The molecule has 2 fully saturated rings. The summed E-state index contributed by atoms with van der Waals surface area (Å²) in [7, 11) is 3.38. The van der Waals surface area contributed by atoms with Gasteiger partial charge in [0, 0.05) is 22.8 Å². The van der Waals surface area contributed by atoms with Crippen molar-refractivity contribution in [3.63, 3.8) is 0 Å². The van der Waals surface area contributed by atoms with E-state index in [0.717, 1.165) is 17.1 Å². The average Bonchev–Trinajstić information content (AvgIpc) is 3.28. The molecule has 3 nitrogen and oxygen atoms in total. The third kappa shape index (κ3) is 2.70. The second-order valence-corrected chi connectivity index (χ2v) is 7.65. The van der Waals surface area contributed by atoms with Crippen molar-refractivity contribution in [1.29, 1.82) is 0 Å². The molecule has 4 rings (SSSR count). The van der Waals surface area contributed by atoms with Gasteiger partial charge in [0.25, 0.3) is 0 Å². The van der Waals surface area contributed by atoms with Gasteiger partial charge in [-0.1, -0.05) is 30.3 Å². The van der Waals surface area contributed by atoms with Crippen molar-refractivity contribution in [2.45, 2.75) is 38.1 Å². The van der Waals surface area contributed by atoms with Crippen molar-refractivity contribution in [3.05, 3.63) is 59.7 Å². The molecule has 2 saturated carbocycles. The highest BCUT2D eigenvalue weighted by Gasteiger charge is 2.53. The Bertz CT molecular complexity index is 814. The number of ether oxygens (including phenoxy) is 2. The molecule has 0 unspecified atom stereocenters. The Labute approximate surface area is 156 Å². The van der Waals surface area contributed by atoms with Gasteiger partial charge in [-0.15, -0.1) is 0 Å². The van der Waals surface area contributed by atoms with Crippen LogP contribution in [-0.4, -0.2) is 19.9 Å². The third-order valence-electron chi connectivity index (χ3n) is 6.46. The fraction of sp³-hybridized carbons (Fsp3) is 0.435. The Morgan fingerprint density at radius 1 is 1.04 bits per heavy atom. The van der Waals surface area contributed by atoms with Crippen molar-refractivity contribution in [3.8, 4) is 11.5 Å². The number of fused-ring (bicyclic) bond motifs is 2. The van der Waals surface area contributed by atoms with Gasteiger partial charge in [-0.2, -0.15) is 0 Å². The van der Waals surface area contributed by atoms with E-state index in [9.17, 15) is 0 Å². The van der Waals surface area contributed by atoms with Crippen LogP contribution in [0.15, 0.2) is 53.5 Å². The van der Waals surface area contributed by atoms with E-state index in [0.29, 0.717) is 18.4 Å². The first-order valence-electron chi connectivity index (χ1n) is 9.48. The standard InChI is InChI=1S/C23H27NO2/c1-23(18-7-5-4-6-8-18)19-11-9-16(13-19)22(23)24-15-17-10-12-20(25-2)14-21(17)26-3/h4-8,10,12,14,16,19H,9,11,13,15H2,1-3H3/t16-,19+,23+/m1/s1. The molecule has 0 spiro atoms. The second kappa shape index (κ2) is 6.79. The number of hydrogen-bond acceptors (Lipinski definition) is 3. The SMILES string of the molecule is COc1ccc(CN=C2[C@@H]3CC[C@@H](C3)[C@]2(C)c2ccccc2)c(OC)c1. The molecule has 0 saturated heterocycles. The fourth-order valence-electron chi connectivity index (χ4n) is 5.00. The number of aliphatic imine (C=N–C) groups is 1. The van der Waals surface area contributed by atoms with Gasteiger partial charge in [-0.05, 0) is 55.7 Å². The molecule has 0 radical (unpaired) electrons. The number of hydrogen-bond donors (Lipinski definition) is 0. The predicted molar refractivity (Wildman–Crippen MR) is 105 cm³/mol. The van der Waals surface area contributed by atoms with Crippen LogP contribution in [-0.2, 0) is 12.0 Å². The molecule has 0 N–H and O–H groups in total. The topological polar surface area (TPSA) is 30.8 Å². The number of rotatable bonds is 5.